The maximum atomic E-state index is 13.7. The number of hydrogen-bond donors (Lipinski definition) is 0. The molecule has 0 saturated carbocycles. The van der Waals surface area contributed by atoms with Gasteiger partial charge in [0.15, 0.2) is 0 Å². The van der Waals surface area contributed by atoms with Gasteiger partial charge in [-0.2, -0.15) is 0 Å². The van der Waals surface area contributed by atoms with Crippen LogP contribution in [0.1, 0.15) is 38.8 Å². The molecular weight excluding hydrogens is 411 g/mol. The molecule has 8 heteroatoms. The van der Waals surface area contributed by atoms with Crippen LogP contribution in [0.2, 0.25) is 0 Å². The minimum Gasteiger partial charge on any atom is -0.399 e. The largest absolute Gasteiger partial charge is 0.494 e. The number of aryl methyl sites for hydroxylation is 2. The number of sulfonamides is 1. The Kier molecular flexibility index (Phi) is 5.19. The number of rotatable bonds is 3. The molecule has 2 aromatic carbocycles. The van der Waals surface area contributed by atoms with E-state index in [0.29, 0.717) is 23.5 Å². The van der Waals surface area contributed by atoms with E-state index in [9.17, 15) is 8.42 Å². The normalized spacial score (nSPS) is 20.2. The number of hydrogen-bond acceptors (Lipinski definition) is 5. The Balaban J connectivity index is 1.71. The van der Waals surface area contributed by atoms with Gasteiger partial charge < -0.3 is 14.2 Å². The van der Waals surface area contributed by atoms with Gasteiger partial charge >= 0.3 is 7.12 Å². The summed E-state index contributed by atoms with van der Waals surface area (Å²) < 4.78 is 41.2. The summed E-state index contributed by atoms with van der Waals surface area (Å²) in [6.07, 6.45) is 0. The van der Waals surface area contributed by atoms with Crippen molar-refractivity contribution in [3.63, 3.8) is 0 Å². The van der Waals surface area contributed by atoms with E-state index in [1.165, 1.54) is 0 Å². The van der Waals surface area contributed by atoms with E-state index >= 15 is 0 Å². The monoisotopic (exact) mass is 442 g/mol. The zero-order chi connectivity index (χ0) is 22.8. The first-order chi connectivity index (χ1) is 14.3. The van der Waals surface area contributed by atoms with Crippen LogP contribution < -0.4 is 14.7 Å². The van der Waals surface area contributed by atoms with E-state index in [4.69, 9.17) is 9.31 Å². The molecule has 2 heterocycles. The fourth-order valence-electron chi connectivity index (χ4n) is 4.20. The van der Waals surface area contributed by atoms with Crippen molar-refractivity contribution in [3.05, 3.63) is 47.5 Å². The number of para-hydroxylation sites is 1. The Hall–Kier alpha value is -2.03. The van der Waals surface area contributed by atoms with Gasteiger partial charge in [0.2, 0.25) is 0 Å². The van der Waals surface area contributed by atoms with Gasteiger partial charge in [0.1, 0.15) is 0 Å². The highest BCUT2D eigenvalue weighted by atomic mass is 32.2. The lowest BCUT2D eigenvalue weighted by molar-refractivity contribution is 0.00578. The maximum absolute atomic E-state index is 13.7. The first kappa shape index (κ1) is 22.2. The van der Waals surface area contributed by atoms with Crippen LogP contribution >= 0.6 is 0 Å². The molecule has 0 N–H and O–H groups in total. The first-order valence-corrected chi connectivity index (χ1v) is 12.1. The van der Waals surface area contributed by atoms with E-state index in [0.717, 1.165) is 22.4 Å². The summed E-state index contributed by atoms with van der Waals surface area (Å²) in [5, 5.41) is 0. The molecule has 4 rings (SSSR count). The van der Waals surface area contributed by atoms with Crippen molar-refractivity contribution in [1.29, 1.82) is 0 Å². The number of nitrogens with zero attached hydrogens (tertiary/aromatic N) is 2. The van der Waals surface area contributed by atoms with E-state index < -0.39 is 28.3 Å². The van der Waals surface area contributed by atoms with Crippen molar-refractivity contribution in [2.24, 2.45) is 0 Å². The topological polar surface area (TPSA) is 59.1 Å². The van der Waals surface area contributed by atoms with Crippen LogP contribution in [0.5, 0.6) is 0 Å². The summed E-state index contributed by atoms with van der Waals surface area (Å²) in [7, 11) is -2.24. The van der Waals surface area contributed by atoms with Gasteiger partial charge in [-0.05, 0) is 70.3 Å². The molecule has 1 saturated heterocycles. The predicted molar refractivity (Wildman–Crippen MR) is 126 cm³/mol. The van der Waals surface area contributed by atoms with Gasteiger partial charge in [-0.15, -0.1) is 0 Å². The van der Waals surface area contributed by atoms with Gasteiger partial charge in [0, 0.05) is 13.6 Å². The van der Waals surface area contributed by atoms with E-state index in [-0.39, 0.29) is 0 Å². The third-order valence-corrected chi connectivity index (χ3v) is 8.77. The fourth-order valence-corrected chi connectivity index (χ4v) is 5.94. The lowest BCUT2D eigenvalue weighted by Crippen LogP contribution is -2.43. The molecule has 0 atom stereocenters. The predicted octanol–water partition coefficient (Wildman–Crippen LogP) is 3.25. The average Bonchev–Trinajstić information content (AvgIpc) is 2.89. The zero-order valence-corrected chi connectivity index (χ0v) is 20.2. The third kappa shape index (κ3) is 3.54. The average molecular weight is 442 g/mol. The number of likely N-dealkylation sites (N-methyl/N-ethyl adjacent to an activating group) is 1. The summed E-state index contributed by atoms with van der Waals surface area (Å²) in [5.74, 6) is 0. The van der Waals surface area contributed by atoms with E-state index in [1.807, 2.05) is 72.9 Å². The Labute approximate surface area is 186 Å². The lowest BCUT2D eigenvalue weighted by Gasteiger charge is -2.37. The third-order valence-electron chi connectivity index (χ3n) is 6.81. The van der Waals surface area contributed by atoms with Crippen molar-refractivity contribution in [2.75, 3.05) is 29.3 Å². The summed E-state index contributed by atoms with van der Waals surface area (Å²) in [5.41, 5.74) is 3.24. The molecule has 31 heavy (non-hydrogen) atoms. The smallest absolute Gasteiger partial charge is 0.399 e. The molecule has 2 aromatic rings. The summed E-state index contributed by atoms with van der Waals surface area (Å²) in [6.45, 7) is 12.9. The quantitative estimate of drug-likeness (QED) is 0.684. The van der Waals surface area contributed by atoms with Crippen LogP contribution in [0.3, 0.4) is 0 Å². The molecular formula is C23H31BN2O4S. The Morgan fingerprint density at radius 3 is 2.19 bits per heavy atom. The van der Waals surface area contributed by atoms with Crippen molar-refractivity contribution < 1.29 is 17.7 Å². The second-order valence-electron chi connectivity index (χ2n) is 9.55. The molecule has 0 spiro atoms. The summed E-state index contributed by atoms with van der Waals surface area (Å²) >= 11 is 0. The number of anilines is 2. The van der Waals surface area contributed by atoms with Gasteiger partial charge in [-0.3, -0.25) is 4.31 Å². The first-order valence-electron chi connectivity index (χ1n) is 10.6. The second kappa shape index (κ2) is 7.25. The van der Waals surface area contributed by atoms with Gasteiger partial charge in [0.05, 0.1) is 34.0 Å². The van der Waals surface area contributed by atoms with Gasteiger partial charge in [0.25, 0.3) is 10.0 Å². The summed E-state index contributed by atoms with van der Waals surface area (Å²) in [6, 6.07) is 11.2. The van der Waals surface area contributed by atoms with Crippen molar-refractivity contribution >= 4 is 34.0 Å². The van der Waals surface area contributed by atoms with Crippen LogP contribution in [-0.4, -0.2) is 46.9 Å². The Morgan fingerprint density at radius 2 is 1.58 bits per heavy atom. The highest BCUT2D eigenvalue weighted by Gasteiger charge is 2.51. The minimum absolute atomic E-state index is 0.312. The molecule has 0 amide bonds. The second-order valence-corrected chi connectivity index (χ2v) is 11.4. The SMILES string of the molecule is Cc1cc(B2OC(C)(C)C(C)(C)O2)ccc1S(=O)(=O)N1CCN(C)c2cccc(C)c21. The number of benzene rings is 2. The lowest BCUT2D eigenvalue weighted by atomic mass is 9.78. The van der Waals surface area contributed by atoms with Crippen molar-refractivity contribution in [3.8, 4) is 0 Å². The fraction of sp³-hybridized carbons (Fsp3) is 0.478. The molecule has 0 aromatic heterocycles. The minimum atomic E-state index is -3.71. The molecule has 0 radical (unpaired) electrons. The molecule has 6 nitrogen and oxygen atoms in total. The van der Waals surface area contributed by atoms with Gasteiger partial charge in [-0.25, -0.2) is 8.42 Å². The Bertz CT molecular complexity index is 1110. The zero-order valence-electron chi connectivity index (χ0n) is 19.4. The molecule has 0 bridgehead atoms. The van der Waals surface area contributed by atoms with Crippen LogP contribution in [0.4, 0.5) is 11.4 Å². The summed E-state index contributed by atoms with van der Waals surface area (Å²) in [4.78, 5) is 2.41. The highest BCUT2D eigenvalue weighted by molar-refractivity contribution is 7.93. The van der Waals surface area contributed by atoms with Crippen LogP contribution in [0.25, 0.3) is 0 Å². The van der Waals surface area contributed by atoms with Crippen molar-refractivity contribution in [1.82, 2.24) is 0 Å². The maximum Gasteiger partial charge on any atom is 0.494 e. The molecule has 166 valence electrons. The van der Waals surface area contributed by atoms with E-state index in [2.05, 4.69) is 4.90 Å². The Morgan fingerprint density at radius 1 is 0.935 bits per heavy atom. The standard InChI is InChI=1S/C23H31BN2O4S/c1-16-9-8-10-19-21(16)26(14-13-25(19)7)31(27,28)20-12-11-18(15-17(20)2)24-29-22(3,4)23(5,6)30-24/h8-12,15H,13-14H2,1-7H3. The van der Waals surface area contributed by atoms with Crippen LogP contribution in [0.15, 0.2) is 41.3 Å². The number of fused-ring (bicyclic) bond motifs is 1. The van der Waals surface area contributed by atoms with Crippen LogP contribution in [-0.2, 0) is 19.3 Å². The van der Waals surface area contributed by atoms with Crippen LogP contribution in [0, 0.1) is 13.8 Å². The molecule has 2 aliphatic rings. The van der Waals surface area contributed by atoms with Gasteiger partial charge in [-0.1, -0.05) is 24.3 Å². The van der Waals surface area contributed by atoms with Crippen molar-refractivity contribution in [2.45, 2.75) is 57.6 Å². The van der Waals surface area contributed by atoms with E-state index in [1.54, 1.807) is 16.4 Å². The molecule has 1 fully saturated rings. The highest BCUT2D eigenvalue weighted by Crippen LogP contribution is 2.39. The molecule has 2 aliphatic heterocycles. The molecule has 0 aliphatic carbocycles. The molecule has 0 unspecified atom stereocenters.